The second-order valence-corrected chi connectivity index (χ2v) is 21.5. The largest absolute Gasteiger partial charge is 0.455 e. The van der Waals surface area contributed by atoms with Crippen molar-refractivity contribution in [3.8, 4) is 22.5 Å². The fourth-order valence-corrected chi connectivity index (χ4v) is 10.5. The van der Waals surface area contributed by atoms with Crippen LogP contribution in [0.3, 0.4) is 0 Å². The third-order valence-electron chi connectivity index (χ3n) is 11.9. The Hall–Kier alpha value is -5.58. The van der Waals surface area contributed by atoms with Crippen molar-refractivity contribution < 1.29 is 17.7 Å². The Kier molecular flexibility index (Phi) is 5.13. The molecule has 11 rings (SSSR count). The van der Waals surface area contributed by atoms with Gasteiger partial charge >= 0.3 is 5.66 Å². The van der Waals surface area contributed by atoms with Crippen LogP contribution in [0.15, 0.2) is 138 Å². The van der Waals surface area contributed by atoms with Crippen molar-refractivity contribution >= 4 is 67.5 Å². The molecule has 52 heavy (non-hydrogen) atoms. The maximum Gasteiger partial charge on any atom is 0.417 e. The topological polar surface area (TPSA) is 20.9 Å². The third kappa shape index (κ3) is 3.70. The quantitative estimate of drug-likeness (QED) is 0.0954. The van der Waals surface area contributed by atoms with Gasteiger partial charge in [0.1, 0.15) is 27.9 Å². The molecular weight excluding hydrogens is 649 g/mol. The first-order valence-electron chi connectivity index (χ1n) is 19.8. The summed E-state index contributed by atoms with van der Waals surface area (Å²) in [6.07, 6.45) is 4.51. The molecule has 3 aromatic heterocycles. The van der Waals surface area contributed by atoms with Crippen LogP contribution >= 0.6 is 0 Å². The summed E-state index contributed by atoms with van der Waals surface area (Å²) >= 11 is 0. The van der Waals surface area contributed by atoms with Gasteiger partial charge in [-0.2, -0.15) is 0 Å². The highest BCUT2D eigenvalue weighted by atomic mass is 28.3. The predicted octanol–water partition coefficient (Wildman–Crippen LogP) is 10.7. The lowest BCUT2D eigenvalue weighted by Gasteiger charge is -2.21. The Balaban J connectivity index is 1.30. The molecule has 6 aromatic carbocycles. The average molecular weight is 692 g/mol. The molecule has 1 atom stereocenters. The van der Waals surface area contributed by atoms with Crippen molar-refractivity contribution in [3.63, 3.8) is 0 Å². The van der Waals surface area contributed by atoms with E-state index in [9.17, 15) is 0 Å². The minimum absolute atomic E-state index is 0.751. The second-order valence-electron chi connectivity index (χ2n) is 16.4. The van der Waals surface area contributed by atoms with Crippen molar-refractivity contribution in [2.24, 2.45) is 0 Å². The van der Waals surface area contributed by atoms with Crippen LogP contribution in [0.25, 0.3) is 76.8 Å². The molecule has 0 saturated carbocycles. The van der Waals surface area contributed by atoms with Crippen molar-refractivity contribution in [2.75, 3.05) is 0 Å². The molecule has 0 N–H and O–H groups in total. The molecule has 0 aliphatic carbocycles. The summed E-state index contributed by atoms with van der Waals surface area (Å²) in [5.41, 5.74) is 7.20. The highest BCUT2D eigenvalue weighted by molar-refractivity contribution is 6.88. The van der Waals surface area contributed by atoms with Gasteiger partial charge in [-0.15, -0.1) is 9.13 Å². The summed E-state index contributed by atoms with van der Waals surface area (Å²) in [6, 6.07) is 43.9. The zero-order valence-corrected chi connectivity index (χ0v) is 31.0. The zero-order chi connectivity index (χ0) is 37.8. The van der Waals surface area contributed by atoms with E-state index >= 15 is 0 Å². The van der Waals surface area contributed by atoms with Crippen molar-refractivity contribution in [1.82, 2.24) is 0 Å². The molecule has 0 bridgehead atoms. The van der Waals surface area contributed by atoms with E-state index in [1.165, 1.54) is 48.6 Å². The Morgan fingerprint density at radius 3 is 2.00 bits per heavy atom. The SMILES string of the molecule is [2H]C([2H])([2H])C(C)(C)c1cc[n+]2c(c1)-c1c(ccc3c1oc1cc4c5ccccc5c5ccccc5c4cc13)C21c2ccccc2-c2ccc([Si](C)(C)C)c[n+]21. The first-order chi connectivity index (χ1) is 26.3. The van der Waals surface area contributed by atoms with E-state index in [4.69, 9.17) is 8.53 Å². The molecule has 3 nitrogen and oxygen atoms in total. The Morgan fingerprint density at radius 1 is 0.615 bits per heavy atom. The summed E-state index contributed by atoms with van der Waals surface area (Å²) in [6.45, 7) is 8.64. The molecule has 5 heterocycles. The Bertz CT molecular complexity index is 3170. The smallest absolute Gasteiger partial charge is 0.417 e. The van der Waals surface area contributed by atoms with E-state index in [1.54, 1.807) is 0 Å². The van der Waals surface area contributed by atoms with Gasteiger partial charge in [0.25, 0.3) is 0 Å². The highest BCUT2D eigenvalue weighted by Crippen LogP contribution is 2.51. The molecular formula is C48H40N2OSi+2. The number of benzene rings is 6. The number of hydrogen-bond acceptors (Lipinski definition) is 1. The fourth-order valence-electron chi connectivity index (χ4n) is 9.37. The van der Waals surface area contributed by atoms with E-state index in [0.29, 0.717) is 0 Å². The van der Waals surface area contributed by atoms with Crippen LogP contribution in [0, 0.1) is 0 Å². The normalized spacial score (nSPS) is 17.4. The molecule has 250 valence electrons. The summed E-state index contributed by atoms with van der Waals surface area (Å²) in [5.74, 6) is 0. The summed E-state index contributed by atoms with van der Waals surface area (Å²) in [7, 11) is -1.73. The average Bonchev–Trinajstić information content (AvgIpc) is 3.79. The van der Waals surface area contributed by atoms with Crippen LogP contribution in [0.1, 0.15) is 41.5 Å². The number of furan rings is 1. The van der Waals surface area contributed by atoms with Gasteiger partial charge in [-0.3, -0.25) is 0 Å². The molecule has 2 aliphatic heterocycles. The maximum atomic E-state index is 8.55. The molecule has 0 fully saturated rings. The number of pyridine rings is 2. The van der Waals surface area contributed by atoms with Gasteiger partial charge in [0.15, 0.2) is 12.4 Å². The van der Waals surface area contributed by atoms with Gasteiger partial charge in [0.05, 0.1) is 13.6 Å². The van der Waals surface area contributed by atoms with E-state index in [1.807, 2.05) is 19.9 Å². The molecule has 4 heteroatoms. The second kappa shape index (κ2) is 9.84. The fraction of sp³-hybridized carbons (Fsp3) is 0.167. The van der Waals surface area contributed by atoms with E-state index < -0.39 is 26.0 Å². The van der Waals surface area contributed by atoms with Crippen LogP contribution in [0.4, 0.5) is 0 Å². The molecule has 1 spiro atoms. The Morgan fingerprint density at radius 2 is 1.29 bits per heavy atom. The summed E-state index contributed by atoms with van der Waals surface area (Å²) < 4.78 is 37.6. The lowest BCUT2D eigenvalue weighted by molar-refractivity contribution is -0.954. The van der Waals surface area contributed by atoms with Gasteiger partial charge in [-0.25, -0.2) is 0 Å². The van der Waals surface area contributed by atoms with Crippen LogP contribution in [0.2, 0.25) is 19.6 Å². The zero-order valence-electron chi connectivity index (χ0n) is 33.0. The van der Waals surface area contributed by atoms with Crippen LogP contribution < -0.4 is 14.3 Å². The monoisotopic (exact) mass is 691 g/mol. The highest BCUT2D eigenvalue weighted by Gasteiger charge is 2.67. The van der Waals surface area contributed by atoms with Crippen molar-refractivity contribution in [2.45, 2.75) is 51.4 Å². The van der Waals surface area contributed by atoms with E-state index in [0.717, 1.165) is 50.0 Å². The first kappa shape index (κ1) is 27.1. The van der Waals surface area contributed by atoms with Crippen LogP contribution in [-0.4, -0.2) is 8.07 Å². The van der Waals surface area contributed by atoms with Gasteiger partial charge in [-0.1, -0.05) is 107 Å². The summed E-state index contributed by atoms with van der Waals surface area (Å²) in [5, 5.41) is 10.7. The number of rotatable bonds is 1. The summed E-state index contributed by atoms with van der Waals surface area (Å²) in [4.78, 5) is 0. The van der Waals surface area contributed by atoms with E-state index in [-0.39, 0.29) is 0 Å². The van der Waals surface area contributed by atoms with Crippen molar-refractivity contribution in [3.05, 3.63) is 150 Å². The minimum atomic E-state index is -2.20. The molecule has 1 unspecified atom stereocenters. The first-order valence-corrected chi connectivity index (χ1v) is 21.8. The molecule has 9 aromatic rings. The van der Waals surface area contributed by atoms with Crippen molar-refractivity contribution in [1.29, 1.82) is 0 Å². The maximum absolute atomic E-state index is 8.55. The molecule has 0 amide bonds. The number of aromatic nitrogens is 2. The molecule has 2 aliphatic rings. The number of hydrogen-bond donors (Lipinski definition) is 0. The Labute approximate surface area is 308 Å². The van der Waals surface area contributed by atoms with Crippen LogP contribution in [0.5, 0.6) is 0 Å². The van der Waals surface area contributed by atoms with E-state index in [2.05, 4.69) is 156 Å². The standard InChI is InChI=1S/C48H40N2OSi/c1-47(2,3)29-23-24-49-43(25-29)45-41(48(49)40-18-12-11-17-36(40)42-22-19-30(28-50(42)48)52(4,5)6)21-20-35-39-26-37-33-15-9-7-13-31(33)32-14-8-10-16-34(32)38(37)27-44(39)51-46(35)45/h7-28H,1-6H3/q+2/i1D3. The van der Waals surface area contributed by atoms with Gasteiger partial charge in [0.2, 0.25) is 11.4 Å². The van der Waals surface area contributed by atoms with Gasteiger partial charge in [-0.05, 0) is 79.7 Å². The van der Waals surface area contributed by atoms with Gasteiger partial charge in [0, 0.05) is 38.3 Å². The van der Waals surface area contributed by atoms with Crippen LogP contribution in [-0.2, 0) is 11.1 Å². The molecule has 0 radical (unpaired) electrons. The third-order valence-corrected chi connectivity index (χ3v) is 13.9. The number of nitrogens with zero attached hydrogens (tertiary/aromatic N) is 2. The molecule has 0 saturated heterocycles. The number of fused-ring (bicyclic) bond motifs is 20. The minimum Gasteiger partial charge on any atom is -0.455 e. The predicted molar refractivity (Wildman–Crippen MR) is 217 cm³/mol. The van der Waals surface area contributed by atoms with Gasteiger partial charge < -0.3 is 4.42 Å². The lowest BCUT2D eigenvalue weighted by atomic mass is 9.86. The lowest BCUT2D eigenvalue weighted by Crippen LogP contribution is -2.72.